The lowest BCUT2D eigenvalue weighted by atomic mass is 10.1. The van der Waals surface area contributed by atoms with Gasteiger partial charge in [0, 0.05) is 30.8 Å². The Bertz CT molecular complexity index is 1050. The van der Waals surface area contributed by atoms with Crippen LogP contribution < -0.4 is 5.43 Å². The first-order chi connectivity index (χ1) is 13.1. The van der Waals surface area contributed by atoms with E-state index in [1.165, 1.54) is 31.2 Å². The van der Waals surface area contributed by atoms with Crippen molar-refractivity contribution in [3.8, 4) is 5.69 Å². The number of aromatic nitrogens is 2. The van der Waals surface area contributed by atoms with E-state index in [-0.39, 0.29) is 23.6 Å². The second kappa shape index (κ2) is 6.83. The summed E-state index contributed by atoms with van der Waals surface area (Å²) in [5.41, 5.74) is -3.89. The number of nitro groups is 1. The highest BCUT2D eigenvalue weighted by Gasteiger charge is 2.47. The zero-order valence-electron chi connectivity index (χ0n) is 14.7. The van der Waals surface area contributed by atoms with Crippen molar-refractivity contribution < 1.29 is 24.0 Å². The number of aryl methyl sites for hydroxylation is 1. The van der Waals surface area contributed by atoms with E-state index in [1.807, 2.05) is 0 Å². The van der Waals surface area contributed by atoms with Gasteiger partial charge in [-0.2, -0.15) is 5.10 Å². The van der Waals surface area contributed by atoms with Gasteiger partial charge < -0.3 is 10.0 Å². The topological polar surface area (TPSA) is 136 Å². The van der Waals surface area contributed by atoms with Crippen LogP contribution in [0.3, 0.4) is 0 Å². The molecule has 1 aliphatic rings. The molecule has 2 aromatic rings. The monoisotopic (exact) mass is 390 g/mol. The lowest BCUT2D eigenvalue weighted by molar-refractivity contribution is -0.384. The highest BCUT2D eigenvalue weighted by Crippen LogP contribution is 2.27. The van der Waals surface area contributed by atoms with Crippen molar-refractivity contribution in [2.24, 2.45) is 0 Å². The predicted molar refractivity (Wildman–Crippen MR) is 93.2 cm³/mol. The summed E-state index contributed by atoms with van der Waals surface area (Å²) in [6.07, 6.45) is -0.404. The molecule has 1 aliphatic heterocycles. The van der Waals surface area contributed by atoms with Crippen LogP contribution in [0.2, 0.25) is 0 Å². The number of carbonyl (C=O) groups is 2. The van der Waals surface area contributed by atoms with Gasteiger partial charge >= 0.3 is 5.97 Å². The number of rotatable bonds is 4. The maximum absolute atomic E-state index is 14.2. The van der Waals surface area contributed by atoms with Crippen LogP contribution in [0.15, 0.2) is 35.1 Å². The van der Waals surface area contributed by atoms with E-state index in [2.05, 4.69) is 5.10 Å². The number of likely N-dealkylation sites (tertiary alicyclic amines) is 1. The number of halogens is 1. The Hall–Kier alpha value is -3.63. The van der Waals surface area contributed by atoms with E-state index < -0.39 is 46.6 Å². The number of carboxylic acids is 1. The van der Waals surface area contributed by atoms with Gasteiger partial charge in [-0.25, -0.2) is 13.9 Å². The minimum Gasteiger partial charge on any atom is -0.479 e. The Morgan fingerprint density at radius 2 is 2.04 bits per heavy atom. The van der Waals surface area contributed by atoms with Crippen LogP contribution in [0.4, 0.5) is 10.1 Å². The van der Waals surface area contributed by atoms with Crippen molar-refractivity contribution in [1.29, 1.82) is 0 Å². The van der Waals surface area contributed by atoms with Gasteiger partial charge in [0.2, 0.25) is 11.1 Å². The van der Waals surface area contributed by atoms with Crippen LogP contribution in [-0.4, -0.2) is 55.3 Å². The minimum atomic E-state index is -2.59. The molecule has 10 nitrogen and oxygen atoms in total. The van der Waals surface area contributed by atoms with Crippen LogP contribution in [0.1, 0.15) is 22.6 Å². The Kier molecular flexibility index (Phi) is 4.67. The van der Waals surface area contributed by atoms with E-state index >= 15 is 0 Å². The second-order valence-corrected chi connectivity index (χ2v) is 6.40. The normalized spacial score (nSPS) is 18.9. The molecule has 146 valence electrons. The molecule has 28 heavy (non-hydrogen) atoms. The lowest BCUT2D eigenvalue weighted by Crippen LogP contribution is -2.40. The molecule has 2 heterocycles. The van der Waals surface area contributed by atoms with Gasteiger partial charge in [-0.3, -0.25) is 19.7 Å². The van der Waals surface area contributed by atoms with Crippen LogP contribution >= 0.6 is 0 Å². The van der Waals surface area contributed by atoms with Gasteiger partial charge in [0.15, 0.2) is 5.69 Å². The molecule has 1 unspecified atom stereocenters. The summed E-state index contributed by atoms with van der Waals surface area (Å²) in [5.74, 6) is -2.62. The van der Waals surface area contributed by atoms with Gasteiger partial charge in [-0.1, -0.05) is 12.1 Å². The number of nitrogens with zero attached hydrogens (tertiary/aromatic N) is 4. The summed E-state index contributed by atoms with van der Waals surface area (Å²) in [7, 11) is 0. The number of alkyl halides is 1. The summed E-state index contributed by atoms with van der Waals surface area (Å²) >= 11 is 0. The minimum absolute atomic E-state index is 0.0471. The highest BCUT2D eigenvalue weighted by atomic mass is 19.1. The number of nitro benzene ring substituents is 1. The van der Waals surface area contributed by atoms with Gasteiger partial charge in [0.25, 0.3) is 11.6 Å². The zero-order valence-corrected chi connectivity index (χ0v) is 14.7. The summed E-state index contributed by atoms with van der Waals surface area (Å²) < 4.78 is 15.3. The Labute approximate surface area is 157 Å². The molecule has 0 radical (unpaired) electrons. The van der Waals surface area contributed by atoms with Gasteiger partial charge in [-0.15, -0.1) is 0 Å². The third-order valence-electron chi connectivity index (χ3n) is 4.51. The number of amides is 1. The fourth-order valence-electron chi connectivity index (χ4n) is 3.01. The predicted octanol–water partition coefficient (Wildman–Crippen LogP) is 1.09. The second-order valence-electron chi connectivity index (χ2n) is 6.40. The summed E-state index contributed by atoms with van der Waals surface area (Å²) in [6.45, 7) is 0.593. The quantitative estimate of drug-likeness (QED) is 0.609. The number of hydrogen-bond acceptors (Lipinski definition) is 6. The fraction of sp³-hybridized carbons (Fsp3) is 0.294. The maximum atomic E-state index is 14.2. The largest absolute Gasteiger partial charge is 0.479 e. The Morgan fingerprint density at radius 3 is 2.64 bits per heavy atom. The Morgan fingerprint density at radius 1 is 1.36 bits per heavy atom. The van der Waals surface area contributed by atoms with Crippen molar-refractivity contribution in [3.05, 3.63) is 62.1 Å². The molecule has 1 aromatic heterocycles. The average Bonchev–Trinajstić information content (AvgIpc) is 3.05. The third-order valence-corrected chi connectivity index (χ3v) is 4.51. The number of hydrogen-bond donors (Lipinski definition) is 1. The molecule has 3 rings (SSSR count). The SMILES string of the molecule is Cc1cc(=O)c(C(=O)N2CCC(F)(C(=O)O)C2)nn1-c1ccccc1[N+](=O)[O-]. The van der Waals surface area contributed by atoms with E-state index in [9.17, 15) is 28.9 Å². The van der Waals surface area contributed by atoms with Gasteiger partial charge in [0.1, 0.15) is 5.69 Å². The standard InChI is InChI=1S/C17H15FN4O6/c1-10-8-13(23)14(15(24)20-7-6-17(18,9-20)16(25)26)19-21(10)11-4-2-3-5-12(11)22(27)28/h2-5,8H,6-7,9H2,1H3,(H,25,26). The van der Waals surface area contributed by atoms with Crippen LogP contribution in [0, 0.1) is 17.0 Å². The van der Waals surface area contributed by atoms with E-state index in [1.54, 1.807) is 0 Å². The maximum Gasteiger partial charge on any atom is 0.343 e. The molecule has 1 N–H and O–H groups in total. The van der Waals surface area contributed by atoms with Crippen molar-refractivity contribution in [2.45, 2.75) is 19.0 Å². The number of para-hydroxylation sites is 2. The molecular formula is C17H15FN4O6. The first-order valence-corrected chi connectivity index (χ1v) is 8.20. The number of carboxylic acid groups (broad SMARTS) is 1. The number of aliphatic carboxylic acids is 1. The lowest BCUT2D eigenvalue weighted by Gasteiger charge is -2.18. The van der Waals surface area contributed by atoms with Crippen molar-refractivity contribution >= 4 is 17.6 Å². The highest BCUT2D eigenvalue weighted by molar-refractivity contribution is 5.93. The molecule has 0 aliphatic carbocycles. The van der Waals surface area contributed by atoms with Crippen molar-refractivity contribution in [1.82, 2.24) is 14.7 Å². The van der Waals surface area contributed by atoms with E-state index in [0.29, 0.717) is 0 Å². The molecule has 0 spiro atoms. The summed E-state index contributed by atoms with van der Waals surface area (Å²) in [5, 5.41) is 24.2. The fourth-order valence-corrected chi connectivity index (χ4v) is 3.01. The first kappa shape index (κ1) is 19.1. The molecule has 0 saturated carbocycles. The number of benzene rings is 1. The molecule has 11 heteroatoms. The summed E-state index contributed by atoms with van der Waals surface area (Å²) in [6, 6.07) is 6.74. The summed E-state index contributed by atoms with van der Waals surface area (Å²) in [4.78, 5) is 47.5. The third kappa shape index (κ3) is 3.21. The molecular weight excluding hydrogens is 375 g/mol. The molecule has 1 atom stereocenters. The smallest absolute Gasteiger partial charge is 0.343 e. The molecule has 1 aromatic carbocycles. The first-order valence-electron chi connectivity index (χ1n) is 8.20. The Balaban J connectivity index is 2.04. The van der Waals surface area contributed by atoms with Crippen molar-refractivity contribution in [2.75, 3.05) is 13.1 Å². The van der Waals surface area contributed by atoms with Crippen LogP contribution in [-0.2, 0) is 4.79 Å². The van der Waals surface area contributed by atoms with E-state index in [0.717, 1.165) is 15.6 Å². The van der Waals surface area contributed by atoms with Crippen molar-refractivity contribution in [3.63, 3.8) is 0 Å². The van der Waals surface area contributed by atoms with E-state index in [4.69, 9.17) is 5.11 Å². The molecule has 0 bridgehead atoms. The number of carbonyl (C=O) groups excluding carboxylic acids is 1. The van der Waals surface area contributed by atoms with Crippen LogP contribution in [0.25, 0.3) is 5.69 Å². The molecule has 1 fully saturated rings. The zero-order chi connectivity index (χ0) is 20.6. The molecule has 1 saturated heterocycles. The van der Waals surface area contributed by atoms with Crippen LogP contribution in [0.5, 0.6) is 0 Å². The van der Waals surface area contributed by atoms with Gasteiger partial charge in [-0.05, 0) is 13.0 Å². The molecule has 1 amide bonds. The van der Waals surface area contributed by atoms with Gasteiger partial charge in [0.05, 0.1) is 11.5 Å². The average molecular weight is 390 g/mol.